The van der Waals surface area contributed by atoms with Gasteiger partial charge in [-0.3, -0.25) is 0 Å². The minimum atomic E-state index is -0.969. The fourth-order valence-electron chi connectivity index (χ4n) is 2.84. The third kappa shape index (κ3) is 3.40. The number of carboxylic acids is 1. The summed E-state index contributed by atoms with van der Waals surface area (Å²) in [4.78, 5) is 27.1. The fraction of sp³-hybridized carbons (Fsp3) is 0.846. The highest BCUT2D eigenvalue weighted by atomic mass is 16.5. The van der Waals surface area contributed by atoms with Crippen molar-refractivity contribution < 1.29 is 19.4 Å². The van der Waals surface area contributed by atoms with Gasteiger partial charge in [0.25, 0.3) is 0 Å². The Labute approximate surface area is 118 Å². The highest BCUT2D eigenvalue weighted by Crippen LogP contribution is 2.21. The van der Waals surface area contributed by atoms with E-state index in [0.29, 0.717) is 13.0 Å². The van der Waals surface area contributed by atoms with Gasteiger partial charge in [0.15, 0.2) is 0 Å². The zero-order chi connectivity index (χ0) is 14.7. The average Bonchev–Trinajstić information content (AvgIpc) is 2.86. The molecule has 2 heterocycles. The quantitative estimate of drug-likeness (QED) is 0.760. The van der Waals surface area contributed by atoms with Gasteiger partial charge in [-0.1, -0.05) is 0 Å². The molecule has 7 heteroatoms. The fourth-order valence-corrected chi connectivity index (χ4v) is 2.84. The molecule has 114 valence electrons. The number of rotatable bonds is 3. The molecule has 2 aliphatic heterocycles. The molecule has 0 radical (unpaired) electrons. The smallest absolute Gasteiger partial charge is 0.326 e. The number of carboxylic acid groups (broad SMARTS) is 1. The SMILES string of the molecule is COC1CC(C(=O)O)N(C(=O)NC2CCN(C)CC2)C1. The Hall–Kier alpha value is -1.34. The summed E-state index contributed by atoms with van der Waals surface area (Å²) >= 11 is 0. The van der Waals surface area contributed by atoms with E-state index >= 15 is 0 Å². The van der Waals surface area contributed by atoms with Crippen LogP contribution in [0.25, 0.3) is 0 Å². The maximum absolute atomic E-state index is 12.3. The van der Waals surface area contributed by atoms with E-state index in [9.17, 15) is 14.7 Å². The summed E-state index contributed by atoms with van der Waals surface area (Å²) in [5, 5.41) is 12.2. The van der Waals surface area contributed by atoms with Crippen molar-refractivity contribution in [2.75, 3.05) is 33.8 Å². The molecule has 2 aliphatic rings. The van der Waals surface area contributed by atoms with Gasteiger partial charge in [0.2, 0.25) is 0 Å². The summed E-state index contributed by atoms with van der Waals surface area (Å²) in [7, 11) is 3.60. The maximum Gasteiger partial charge on any atom is 0.326 e. The van der Waals surface area contributed by atoms with E-state index in [2.05, 4.69) is 17.3 Å². The first-order chi connectivity index (χ1) is 9.51. The second kappa shape index (κ2) is 6.41. The van der Waals surface area contributed by atoms with Gasteiger partial charge >= 0.3 is 12.0 Å². The van der Waals surface area contributed by atoms with Crippen LogP contribution in [0.4, 0.5) is 4.79 Å². The van der Waals surface area contributed by atoms with Gasteiger partial charge in [0.05, 0.1) is 6.10 Å². The minimum Gasteiger partial charge on any atom is -0.480 e. The molecule has 0 spiro atoms. The number of urea groups is 1. The van der Waals surface area contributed by atoms with Crippen LogP contribution in [0.15, 0.2) is 0 Å². The first kappa shape index (κ1) is 15.1. The molecule has 2 amide bonds. The van der Waals surface area contributed by atoms with Crippen LogP contribution in [-0.4, -0.2) is 78.9 Å². The van der Waals surface area contributed by atoms with E-state index in [-0.39, 0.29) is 18.2 Å². The van der Waals surface area contributed by atoms with Crippen molar-refractivity contribution in [3.05, 3.63) is 0 Å². The topological polar surface area (TPSA) is 82.1 Å². The van der Waals surface area contributed by atoms with Crippen molar-refractivity contribution >= 4 is 12.0 Å². The highest BCUT2D eigenvalue weighted by molar-refractivity contribution is 5.83. The van der Waals surface area contributed by atoms with Crippen LogP contribution in [0, 0.1) is 0 Å². The molecule has 2 N–H and O–H groups in total. The molecule has 2 unspecified atom stereocenters. The Bertz CT molecular complexity index is 369. The third-order valence-electron chi connectivity index (χ3n) is 4.19. The molecule has 0 aromatic heterocycles. The molecular formula is C13H23N3O4. The highest BCUT2D eigenvalue weighted by Gasteiger charge is 2.40. The van der Waals surface area contributed by atoms with E-state index in [1.165, 1.54) is 4.90 Å². The summed E-state index contributed by atoms with van der Waals surface area (Å²) in [6.07, 6.45) is 1.97. The monoisotopic (exact) mass is 285 g/mol. The van der Waals surface area contributed by atoms with Gasteiger partial charge in [0.1, 0.15) is 6.04 Å². The number of aliphatic carboxylic acids is 1. The Morgan fingerprint density at radius 2 is 1.95 bits per heavy atom. The van der Waals surface area contributed by atoms with Crippen molar-refractivity contribution in [2.24, 2.45) is 0 Å². The Balaban J connectivity index is 1.91. The summed E-state index contributed by atoms with van der Waals surface area (Å²) in [5.41, 5.74) is 0. The molecule has 7 nitrogen and oxygen atoms in total. The van der Waals surface area contributed by atoms with Crippen molar-refractivity contribution in [3.8, 4) is 0 Å². The van der Waals surface area contributed by atoms with Gasteiger partial charge in [-0.15, -0.1) is 0 Å². The maximum atomic E-state index is 12.3. The molecule has 20 heavy (non-hydrogen) atoms. The first-order valence-electron chi connectivity index (χ1n) is 7.02. The number of likely N-dealkylation sites (tertiary alicyclic amines) is 2. The number of hydrogen-bond acceptors (Lipinski definition) is 4. The van der Waals surface area contributed by atoms with Crippen LogP contribution < -0.4 is 5.32 Å². The number of ether oxygens (including phenoxy) is 1. The van der Waals surface area contributed by atoms with Crippen LogP contribution in [0.2, 0.25) is 0 Å². The summed E-state index contributed by atoms with van der Waals surface area (Å²) in [6.45, 7) is 2.24. The Kier molecular flexibility index (Phi) is 4.82. The van der Waals surface area contributed by atoms with Crippen LogP contribution >= 0.6 is 0 Å². The lowest BCUT2D eigenvalue weighted by Crippen LogP contribution is -2.51. The Morgan fingerprint density at radius 3 is 2.50 bits per heavy atom. The number of nitrogens with zero attached hydrogens (tertiary/aromatic N) is 2. The number of hydrogen-bond donors (Lipinski definition) is 2. The van der Waals surface area contributed by atoms with E-state index in [1.807, 2.05) is 0 Å². The standard InChI is InChI=1S/C13H23N3O4/c1-15-5-3-9(4-6-15)14-13(19)16-8-10(20-2)7-11(16)12(17)18/h9-11H,3-8H2,1-2H3,(H,14,19)(H,17,18). The molecule has 0 bridgehead atoms. The van der Waals surface area contributed by atoms with Gasteiger partial charge < -0.3 is 25.0 Å². The molecule has 2 atom stereocenters. The number of amides is 2. The number of carbonyl (C=O) groups is 2. The van der Waals surface area contributed by atoms with Crippen LogP contribution in [0.5, 0.6) is 0 Å². The lowest BCUT2D eigenvalue weighted by atomic mass is 10.1. The zero-order valence-corrected chi connectivity index (χ0v) is 12.0. The molecular weight excluding hydrogens is 262 g/mol. The van der Waals surface area contributed by atoms with Crippen LogP contribution in [-0.2, 0) is 9.53 Å². The van der Waals surface area contributed by atoms with Crippen molar-refractivity contribution in [1.82, 2.24) is 15.1 Å². The zero-order valence-electron chi connectivity index (χ0n) is 12.0. The molecule has 2 saturated heterocycles. The lowest BCUT2D eigenvalue weighted by Gasteiger charge is -2.31. The van der Waals surface area contributed by atoms with Gasteiger partial charge in [0, 0.05) is 26.1 Å². The molecule has 0 aromatic rings. The lowest BCUT2D eigenvalue weighted by molar-refractivity contribution is -0.141. The van der Waals surface area contributed by atoms with Crippen molar-refractivity contribution in [1.29, 1.82) is 0 Å². The number of piperidine rings is 1. The largest absolute Gasteiger partial charge is 0.480 e. The summed E-state index contributed by atoms with van der Waals surface area (Å²) in [6, 6.07) is -0.938. The second-order valence-corrected chi connectivity index (χ2v) is 5.63. The van der Waals surface area contributed by atoms with E-state index < -0.39 is 12.0 Å². The van der Waals surface area contributed by atoms with Gasteiger partial charge in [-0.25, -0.2) is 9.59 Å². The summed E-state index contributed by atoms with van der Waals surface area (Å²) < 4.78 is 5.18. The minimum absolute atomic E-state index is 0.134. The van der Waals surface area contributed by atoms with E-state index in [1.54, 1.807) is 7.11 Å². The molecule has 2 fully saturated rings. The number of nitrogens with one attached hydrogen (secondary N) is 1. The second-order valence-electron chi connectivity index (χ2n) is 5.63. The first-order valence-corrected chi connectivity index (χ1v) is 7.02. The van der Waals surface area contributed by atoms with Gasteiger partial charge in [-0.05, 0) is 33.0 Å². The predicted molar refractivity (Wildman–Crippen MR) is 72.6 cm³/mol. The average molecular weight is 285 g/mol. The predicted octanol–water partition coefficient (Wildman–Crippen LogP) is -0.0359. The van der Waals surface area contributed by atoms with Crippen LogP contribution in [0.3, 0.4) is 0 Å². The molecule has 0 saturated carbocycles. The third-order valence-corrected chi connectivity index (χ3v) is 4.19. The summed E-state index contributed by atoms with van der Waals surface area (Å²) in [5.74, 6) is -0.969. The van der Waals surface area contributed by atoms with E-state index in [4.69, 9.17) is 4.74 Å². The number of methoxy groups -OCH3 is 1. The van der Waals surface area contributed by atoms with Gasteiger partial charge in [-0.2, -0.15) is 0 Å². The molecule has 0 aromatic carbocycles. The van der Waals surface area contributed by atoms with E-state index in [0.717, 1.165) is 25.9 Å². The van der Waals surface area contributed by atoms with Crippen LogP contribution in [0.1, 0.15) is 19.3 Å². The molecule has 2 rings (SSSR count). The number of carbonyl (C=O) groups excluding carboxylic acids is 1. The molecule has 0 aliphatic carbocycles. The van der Waals surface area contributed by atoms with Crippen molar-refractivity contribution in [2.45, 2.75) is 37.5 Å². The Morgan fingerprint density at radius 1 is 1.30 bits per heavy atom. The van der Waals surface area contributed by atoms with Crippen molar-refractivity contribution in [3.63, 3.8) is 0 Å². The normalized spacial score (nSPS) is 28.6.